The van der Waals surface area contributed by atoms with Crippen molar-refractivity contribution in [2.24, 2.45) is 0 Å². The van der Waals surface area contributed by atoms with Gasteiger partial charge in [0.2, 0.25) is 0 Å². The summed E-state index contributed by atoms with van der Waals surface area (Å²) in [5, 5.41) is 2.88. The van der Waals surface area contributed by atoms with Crippen LogP contribution in [0, 0.1) is 0 Å². The molecule has 9 heteroatoms. The number of benzene rings is 3. The smallest absolute Gasteiger partial charge is 0.405 e. The van der Waals surface area contributed by atoms with Gasteiger partial charge in [-0.15, -0.1) is 11.3 Å². The lowest BCUT2D eigenvalue weighted by atomic mass is 9.94. The van der Waals surface area contributed by atoms with E-state index in [1.165, 1.54) is 31.4 Å². The molecule has 0 spiro atoms. The van der Waals surface area contributed by atoms with Gasteiger partial charge in [0.05, 0.1) is 14.2 Å². The first-order valence-corrected chi connectivity index (χ1v) is 11.9. The first-order chi connectivity index (χ1) is 17.6. The van der Waals surface area contributed by atoms with Crippen LogP contribution < -0.4 is 14.8 Å². The average Bonchev–Trinajstić information content (AvgIpc) is 3.34. The number of rotatable bonds is 8. The average molecular weight is 526 g/mol. The van der Waals surface area contributed by atoms with Crippen molar-refractivity contribution >= 4 is 38.7 Å². The third kappa shape index (κ3) is 5.67. The highest BCUT2D eigenvalue weighted by Crippen LogP contribution is 2.43. The summed E-state index contributed by atoms with van der Waals surface area (Å²) in [5.74, 6) is -0.349. The van der Waals surface area contributed by atoms with E-state index in [0.29, 0.717) is 17.1 Å². The number of ketones is 1. The van der Waals surface area contributed by atoms with Crippen LogP contribution in [-0.2, 0) is 0 Å². The van der Waals surface area contributed by atoms with Gasteiger partial charge in [0.15, 0.2) is 5.78 Å². The lowest BCUT2D eigenvalue weighted by molar-refractivity contribution is -0.123. The van der Waals surface area contributed by atoms with E-state index in [1.807, 2.05) is 30.3 Å². The van der Waals surface area contributed by atoms with E-state index >= 15 is 0 Å². The minimum absolute atomic E-state index is 0.000452. The van der Waals surface area contributed by atoms with Gasteiger partial charge >= 0.3 is 6.18 Å². The first kappa shape index (κ1) is 26.0. The Kier molecular flexibility index (Phi) is 7.35. The number of thiophene rings is 1. The number of fused-ring (bicyclic) bond motifs is 1. The number of nitrogens with one attached hydrogen (secondary N) is 1. The van der Waals surface area contributed by atoms with Gasteiger partial charge in [0.25, 0.3) is 5.91 Å². The molecule has 3 aromatic carbocycles. The summed E-state index contributed by atoms with van der Waals surface area (Å²) in [6.45, 7) is 2.54. The number of carbonyl (C=O) groups excluding carboxylic acids is 2. The fourth-order valence-corrected chi connectivity index (χ4v) is 4.88. The van der Waals surface area contributed by atoms with Crippen LogP contribution in [0.2, 0.25) is 0 Å². The summed E-state index contributed by atoms with van der Waals surface area (Å²) in [5.41, 5.74) is 1.60. The maximum absolute atomic E-state index is 13.3. The summed E-state index contributed by atoms with van der Waals surface area (Å²) in [7, 11) is 3.03. The number of amides is 1. The van der Waals surface area contributed by atoms with Crippen molar-refractivity contribution in [1.29, 1.82) is 0 Å². The van der Waals surface area contributed by atoms with E-state index in [4.69, 9.17) is 9.47 Å². The van der Waals surface area contributed by atoms with Gasteiger partial charge < -0.3 is 14.8 Å². The molecular weight excluding hydrogens is 503 g/mol. The van der Waals surface area contributed by atoms with Crippen molar-refractivity contribution in [1.82, 2.24) is 5.32 Å². The Morgan fingerprint density at radius 2 is 1.57 bits per heavy atom. The van der Waals surface area contributed by atoms with Crippen LogP contribution in [0.4, 0.5) is 13.2 Å². The van der Waals surface area contributed by atoms with Crippen LogP contribution >= 0.6 is 11.3 Å². The summed E-state index contributed by atoms with van der Waals surface area (Å²) in [4.78, 5) is 26.2. The van der Waals surface area contributed by atoms with Gasteiger partial charge in [0, 0.05) is 43.5 Å². The molecule has 1 amide bonds. The predicted octanol–water partition coefficient (Wildman–Crippen LogP) is 6.77. The lowest BCUT2D eigenvalue weighted by Crippen LogP contribution is -2.33. The molecule has 0 aliphatic rings. The minimum Gasteiger partial charge on any atom is -0.496 e. The number of carbonyl (C=O) groups is 2. The van der Waals surface area contributed by atoms with Gasteiger partial charge in [-0.2, -0.15) is 13.2 Å². The number of alkyl halides is 3. The van der Waals surface area contributed by atoms with Crippen molar-refractivity contribution < 1.29 is 32.2 Å². The molecule has 0 saturated heterocycles. The standard InChI is InChI=1S/C28H22F3NO4S/c1-16(26(33)17-8-10-18(11-9-17)27(34)32-15-28(29,30)31)20-13-21(23(36-3)14-22(20)35-2)25-12-19-6-4-5-7-24(19)37-25/h4-14H,1,15H2,2-3H3,(H,32,34). The summed E-state index contributed by atoms with van der Waals surface area (Å²) in [6.07, 6.45) is -4.52. The highest BCUT2D eigenvalue weighted by atomic mass is 32.1. The van der Waals surface area contributed by atoms with Crippen LogP contribution in [0.5, 0.6) is 11.5 Å². The molecule has 0 unspecified atom stereocenters. The summed E-state index contributed by atoms with van der Waals surface area (Å²) < 4.78 is 49.3. The molecule has 0 fully saturated rings. The number of halogens is 3. The monoisotopic (exact) mass is 525 g/mol. The molecule has 1 N–H and O–H groups in total. The van der Waals surface area contributed by atoms with Crippen molar-refractivity contribution in [2.75, 3.05) is 20.8 Å². The van der Waals surface area contributed by atoms with Gasteiger partial charge in [-0.25, -0.2) is 0 Å². The highest BCUT2D eigenvalue weighted by Gasteiger charge is 2.28. The molecular formula is C28H22F3NO4S. The largest absolute Gasteiger partial charge is 0.496 e. The number of hydrogen-bond acceptors (Lipinski definition) is 5. The first-order valence-electron chi connectivity index (χ1n) is 11.0. The van der Waals surface area contributed by atoms with E-state index in [-0.39, 0.29) is 16.7 Å². The van der Waals surface area contributed by atoms with Crippen LogP contribution in [0.1, 0.15) is 26.3 Å². The summed E-state index contributed by atoms with van der Waals surface area (Å²) in [6, 6.07) is 18.8. The highest BCUT2D eigenvalue weighted by molar-refractivity contribution is 7.22. The SMILES string of the molecule is C=C(C(=O)c1ccc(C(=O)NCC(F)(F)F)cc1)c1cc(-c2cc3ccccc3s2)c(OC)cc1OC. The second-order valence-electron chi connectivity index (χ2n) is 8.08. The number of hydrogen-bond donors (Lipinski definition) is 1. The zero-order valence-corrected chi connectivity index (χ0v) is 20.8. The second kappa shape index (κ2) is 10.5. The molecule has 5 nitrogen and oxygen atoms in total. The van der Waals surface area contributed by atoms with Gasteiger partial charge in [-0.05, 0) is 35.7 Å². The molecule has 0 saturated carbocycles. The van der Waals surface area contributed by atoms with Crippen molar-refractivity contribution in [3.05, 3.63) is 90.0 Å². The number of Topliss-reactive ketones (excluding diaryl/α,β-unsaturated/α-hetero) is 1. The molecule has 0 radical (unpaired) electrons. The van der Waals surface area contributed by atoms with E-state index in [2.05, 4.69) is 6.58 Å². The maximum atomic E-state index is 13.3. The van der Waals surface area contributed by atoms with Gasteiger partial charge in [-0.3, -0.25) is 9.59 Å². The molecule has 0 atom stereocenters. The van der Waals surface area contributed by atoms with Gasteiger partial charge in [0.1, 0.15) is 18.0 Å². The van der Waals surface area contributed by atoms with Crippen LogP contribution in [0.15, 0.2) is 73.3 Å². The Morgan fingerprint density at radius 1 is 0.919 bits per heavy atom. The molecule has 4 rings (SSSR count). The Morgan fingerprint density at radius 3 is 2.19 bits per heavy atom. The topological polar surface area (TPSA) is 64.6 Å². The number of ether oxygens (including phenoxy) is 2. The molecule has 0 aliphatic carbocycles. The molecule has 0 aliphatic heterocycles. The molecule has 1 aromatic heterocycles. The number of methoxy groups -OCH3 is 2. The van der Waals surface area contributed by atoms with Crippen molar-refractivity contribution in [2.45, 2.75) is 6.18 Å². The van der Waals surface area contributed by atoms with E-state index in [9.17, 15) is 22.8 Å². The molecule has 0 bridgehead atoms. The minimum atomic E-state index is -4.52. The molecule has 190 valence electrons. The second-order valence-corrected chi connectivity index (χ2v) is 9.17. The zero-order valence-electron chi connectivity index (χ0n) is 19.9. The Labute approximate surface area is 215 Å². The fourth-order valence-electron chi connectivity index (χ4n) is 3.79. The third-order valence-electron chi connectivity index (χ3n) is 5.67. The zero-order chi connectivity index (χ0) is 26.7. The van der Waals surface area contributed by atoms with Crippen molar-refractivity contribution in [3.8, 4) is 21.9 Å². The normalized spacial score (nSPS) is 11.3. The number of allylic oxidation sites excluding steroid dienone is 1. The van der Waals surface area contributed by atoms with Gasteiger partial charge in [-0.1, -0.05) is 36.9 Å². The van der Waals surface area contributed by atoms with Crippen molar-refractivity contribution in [3.63, 3.8) is 0 Å². The molecule has 4 aromatic rings. The van der Waals surface area contributed by atoms with Crippen LogP contribution in [0.3, 0.4) is 0 Å². The Hall–Kier alpha value is -4.11. The van der Waals surface area contributed by atoms with Crippen LogP contribution in [0.25, 0.3) is 26.1 Å². The third-order valence-corrected chi connectivity index (χ3v) is 6.82. The molecule has 37 heavy (non-hydrogen) atoms. The lowest BCUT2D eigenvalue weighted by Gasteiger charge is -2.15. The Balaban J connectivity index is 1.64. The summed E-state index contributed by atoms with van der Waals surface area (Å²) >= 11 is 1.58. The quantitative estimate of drug-likeness (QED) is 0.204. The predicted molar refractivity (Wildman–Crippen MR) is 139 cm³/mol. The molecule has 1 heterocycles. The van der Waals surface area contributed by atoms with E-state index < -0.39 is 24.4 Å². The van der Waals surface area contributed by atoms with E-state index in [0.717, 1.165) is 20.5 Å². The van der Waals surface area contributed by atoms with E-state index in [1.54, 1.807) is 35.9 Å². The van der Waals surface area contributed by atoms with Crippen LogP contribution in [-0.4, -0.2) is 38.6 Å². The Bertz CT molecular complexity index is 1460. The fraction of sp³-hybridized carbons (Fsp3) is 0.143. The maximum Gasteiger partial charge on any atom is 0.405 e.